The molecule has 92 valence electrons. The Morgan fingerprint density at radius 2 is 2.12 bits per heavy atom. The van der Waals surface area contributed by atoms with Crippen molar-refractivity contribution < 1.29 is 23.4 Å². The van der Waals surface area contributed by atoms with Gasteiger partial charge in [-0.2, -0.15) is 0 Å². The molecule has 5 heteroatoms. The number of hydrogen-bond acceptors (Lipinski definition) is 3. The van der Waals surface area contributed by atoms with Gasteiger partial charge in [0.2, 0.25) is 0 Å². The van der Waals surface area contributed by atoms with Crippen LogP contribution in [0.25, 0.3) is 0 Å². The summed E-state index contributed by atoms with van der Waals surface area (Å²) in [4.78, 5) is 11.3. The SMILES string of the molecule is C=C(C(=O)OCC)C(O)c1ccc(F)c(F)c1. The fourth-order valence-corrected chi connectivity index (χ4v) is 1.22. The van der Waals surface area contributed by atoms with E-state index in [4.69, 9.17) is 0 Å². The Balaban J connectivity index is 2.88. The van der Waals surface area contributed by atoms with Crippen molar-refractivity contribution in [3.05, 3.63) is 47.5 Å². The summed E-state index contributed by atoms with van der Waals surface area (Å²) in [6, 6.07) is 2.85. The molecule has 0 aliphatic heterocycles. The summed E-state index contributed by atoms with van der Waals surface area (Å²) >= 11 is 0. The lowest BCUT2D eigenvalue weighted by Crippen LogP contribution is -2.14. The van der Waals surface area contributed by atoms with Crippen LogP contribution in [0, 0.1) is 11.6 Å². The van der Waals surface area contributed by atoms with Gasteiger partial charge < -0.3 is 9.84 Å². The minimum atomic E-state index is -1.41. The lowest BCUT2D eigenvalue weighted by atomic mass is 10.0. The summed E-state index contributed by atoms with van der Waals surface area (Å²) in [5.41, 5.74) is -0.181. The van der Waals surface area contributed by atoms with Crippen LogP contribution in [0.3, 0.4) is 0 Å². The fraction of sp³-hybridized carbons (Fsp3) is 0.250. The Morgan fingerprint density at radius 3 is 2.65 bits per heavy atom. The number of carbonyl (C=O) groups excluding carboxylic acids is 1. The lowest BCUT2D eigenvalue weighted by Gasteiger charge is -2.13. The molecule has 1 atom stereocenters. The summed E-state index contributed by atoms with van der Waals surface area (Å²) in [6.07, 6.45) is -1.41. The van der Waals surface area contributed by atoms with Gasteiger partial charge >= 0.3 is 5.97 Å². The molecule has 0 aliphatic rings. The van der Waals surface area contributed by atoms with E-state index in [1.54, 1.807) is 6.92 Å². The van der Waals surface area contributed by atoms with Crippen molar-refractivity contribution in [1.29, 1.82) is 0 Å². The van der Waals surface area contributed by atoms with Crippen LogP contribution in [0.4, 0.5) is 8.78 Å². The van der Waals surface area contributed by atoms with Crippen LogP contribution in [-0.2, 0) is 9.53 Å². The molecule has 17 heavy (non-hydrogen) atoms. The van der Waals surface area contributed by atoms with Gasteiger partial charge in [0.1, 0.15) is 6.10 Å². The van der Waals surface area contributed by atoms with Gasteiger partial charge in [-0.15, -0.1) is 0 Å². The minimum absolute atomic E-state index is 0.0435. The van der Waals surface area contributed by atoms with Crippen molar-refractivity contribution >= 4 is 5.97 Å². The van der Waals surface area contributed by atoms with E-state index in [2.05, 4.69) is 11.3 Å². The van der Waals surface area contributed by atoms with Gasteiger partial charge in [0.15, 0.2) is 11.6 Å². The van der Waals surface area contributed by atoms with Gasteiger partial charge in [-0.3, -0.25) is 0 Å². The molecule has 0 aliphatic carbocycles. The maximum absolute atomic E-state index is 12.9. The molecule has 0 radical (unpaired) electrons. The summed E-state index contributed by atoms with van der Waals surface area (Å²) in [7, 11) is 0. The third-order valence-electron chi connectivity index (χ3n) is 2.13. The van der Waals surface area contributed by atoms with E-state index in [1.807, 2.05) is 0 Å². The van der Waals surface area contributed by atoms with Crippen molar-refractivity contribution in [2.45, 2.75) is 13.0 Å². The number of aliphatic hydroxyl groups is 1. The first-order valence-corrected chi connectivity index (χ1v) is 4.96. The van der Waals surface area contributed by atoms with Crippen LogP contribution in [0.2, 0.25) is 0 Å². The van der Waals surface area contributed by atoms with E-state index >= 15 is 0 Å². The predicted octanol–water partition coefficient (Wildman–Crippen LogP) is 2.12. The Labute approximate surface area is 97.3 Å². The van der Waals surface area contributed by atoms with Gasteiger partial charge in [0.05, 0.1) is 12.2 Å². The number of esters is 1. The number of benzene rings is 1. The van der Waals surface area contributed by atoms with Crippen molar-refractivity contribution in [3.8, 4) is 0 Å². The van der Waals surface area contributed by atoms with E-state index in [1.165, 1.54) is 6.07 Å². The predicted molar refractivity (Wildman–Crippen MR) is 57.1 cm³/mol. The van der Waals surface area contributed by atoms with Crippen LogP contribution in [0.1, 0.15) is 18.6 Å². The van der Waals surface area contributed by atoms with E-state index in [0.29, 0.717) is 0 Å². The molecule has 1 aromatic rings. The molecule has 1 unspecified atom stereocenters. The molecule has 0 heterocycles. The summed E-state index contributed by atoms with van der Waals surface area (Å²) in [5, 5.41) is 9.71. The first kappa shape index (κ1) is 13.3. The first-order chi connectivity index (χ1) is 7.97. The highest BCUT2D eigenvalue weighted by Gasteiger charge is 2.20. The molecule has 1 aromatic carbocycles. The smallest absolute Gasteiger partial charge is 0.336 e. The number of rotatable bonds is 4. The monoisotopic (exact) mass is 242 g/mol. The standard InChI is InChI=1S/C12H12F2O3/c1-3-17-12(16)7(2)11(15)8-4-5-9(13)10(14)6-8/h4-6,11,15H,2-3H2,1H3. The first-order valence-electron chi connectivity index (χ1n) is 4.96. The summed E-state index contributed by atoms with van der Waals surface area (Å²) in [6.45, 7) is 5.11. The molecule has 0 saturated heterocycles. The maximum atomic E-state index is 12.9. The van der Waals surface area contributed by atoms with Crippen LogP contribution in [0.5, 0.6) is 0 Å². The molecule has 0 bridgehead atoms. The van der Waals surface area contributed by atoms with Crippen molar-refractivity contribution in [2.24, 2.45) is 0 Å². The van der Waals surface area contributed by atoms with Crippen molar-refractivity contribution in [3.63, 3.8) is 0 Å². The van der Waals surface area contributed by atoms with Crippen LogP contribution in [-0.4, -0.2) is 17.7 Å². The Morgan fingerprint density at radius 1 is 1.47 bits per heavy atom. The van der Waals surface area contributed by atoms with Crippen LogP contribution < -0.4 is 0 Å². The number of ether oxygens (including phenoxy) is 1. The third kappa shape index (κ3) is 3.10. The molecular formula is C12H12F2O3. The van der Waals surface area contributed by atoms with Crippen molar-refractivity contribution in [1.82, 2.24) is 0 Å². The lowest BCUT2D eigenvalue weighted by molar-refractivity contribution is -0.139. The second-order valence-electron chi connectivity index (χ2n) is 3.32. The summed E-state index contributed by atoms with van der Waals surface area (Å²) in [5.74, 6) is -2.90. The second kappa shape index (κ2) is 5.54. The number of aliphatic hydroxyl groups excluding tert-OH is 1. The van der Waals surface area contributed by atoms with Gasteiger partial charge in [0, 0.05) is 0 Å². The van der Waals surface area contributed by atoms with Gasteiger partial charge in [-0.25, -0.2) is 13.6 Å². The minimum Gasteiger partial charge on any atom is -0.463 e. The molecule has 0 spiro atoms. The molecule has 1 rings (SSSR count). The zero-order chi connectivity index (χ0) is 13.0. The van der Waals surface area contributed by atoms with Crippen LogP contribution in [0.15, 0.2) is 30.4 Å². The van der Waals surface area contributed by atoms with E-state index in [9.17, 15) is 18.7 Å². The molecule has 0 aromatic heterocycles. The second-order valence-corrected chi connectivity index (χ2v) is 3.32. The molecule has 0 amide bonds. The van der Waals surface area contributed by atoms with Gasteiger partial charge in [-0.1, -0.05) is 12.6 Å². The van der Waals surface area contributed by atoms with E-state index < -0.39 is 23.7 Å². The van der Waals surface area contributed by atoms with Gasteiger partial charge in [0.25, 0.3) is 0 Å². The molecule has 0 fully saturated rings. The number of hydrogen-bond donors (Lipinski definition) is 1. The highest BCUT2D eigenvalue weighted by atomic mass is 19.2. The fourth-order valence-electron chi connectivity index (χ4n) is 1.22. The highest BCUT2D eigenvalue weighted by molar-refractivity contribution is 5.89. The topological polar surface area (TPSA) is 46.5 Å². The van der Waals surface area contributed by atoms with Gasteiger partial charge in [-0.05, 0) is 24.6 Å². The van der Waals surface area contributed by atoms with Crippen molar-refractivity contribution in [2.75, 3.05) is 6.61 Å². The molecule has 3 nitrogen and oxygen atoms in total. The Hall–Kier alpha value is -1.75. The Bertz CT molecular complexity index is 443. The quantitative estimate of drug-likeness (QED) is 0.649. The number of carbonyl (C=O) groups is 1. The third-order valence-corrected chi connectivity index (χ3v) is 2.13. The highest BCUT2D eigenvalue weighted by Crippen LogP contribution is 2.22. The van der Waals surface area contributed by atoms with Crippen LogP contribution >= 0.6 is 0 Å². The zero-order valence-corrected chi connectivity index (χ0v) is 9.24. The van der Waals surface area contributed by atoms with E-state index in [-0.39, 0.29) is 17.7 Å². The average Bonchev–Trinajstić information content (AvgIpc) is 2.31. The van der Waals surface area contributed by atoms with E-state index in [0.717, 1.165) is 12.1 Å². The average molecular weight is 242 g/mol. The summed E-state index contributed by atoms with van der Waals surface area (Å²) < 4.78 is 30.2. The molecule has 1 N–H and O–H groups in total. The largest absolute Gasteiger partial charge is 0.463 e. The zero-order valence-electron chi connectivity index (χ0n) is 9.24. The molecule has 0 saturated carbocycles. The maximum Gasteiger partial charge on any atom is 0.336 e. The Kier molecular flexibility index (Phi) is 4.34. The molecular weight excluding hydrogens is 230 g/mol. The number of halogens is 2. The normalized spacial score (nSPS) is 12.0.